The fourth-order valence-corrected chi connectivity index (χ4v) is 3.58. The van der Waals surface area contributed by atoms with Gasteiger partial charge < -0.3 is 15.1 Å². The minimum absolute atomic E-state index is 0.503. The molecule has 2 aromatic heterocycles. The summed E-state index contributed by atoms with van der Waals surface area (Å²) >= 11 is 0. The van der Waals surface area contributed by atoms with Crippen LogP contribution in [0.1, 0.15) is 24.5 Å². The Kier molecular flexibility index (Phi) is 4.10. The normalized spacial score (nSPS) is 21.0. The van der Waals surface area contributed by atoms with Gasteiger partial charge in [0, 0.05) is 32.1 Å². The Morgan fingerprint density at radius 3 is 2.61 bits per heavy atom. The van der Waals surface area contributed by atoms with Crippen LogP contribution in [0.15, 0.2) is 18.6 Å². The van der Waals surface area contributed by atoms with E-state index < -0.39 is 0 Å². The van der Waals surface area contributed by atoms with Gasteiger partial charge in [-0.05, 0) is 39.0 Å². The lowest BCUT2D eigenvalue weighted by Gasteiger charge is -2.33. The van der Waals surface area contributed by atoms with Crippen molar-refractivity contribution < 1.29 is 0 Å². The van der Waals surface area contributed by atoms with Gasteiger partial charge in [-0.1, -0.05) is 0 Å². The van der Waals surface area contributed by atoms with Crippen LogP contribution >= 0.6 is 0 Å². The number of anilines is 1. The number of hydrogen-bond acceptors (Lipinski definition) is 6. The molecule has 1 N–H and O–H groups in total. The van der Waals surface area contributed by atoms with E-state index in [4.69, 9.17) is 4.98 Å². The summed E-state index contributed by atoms with van der Waals surface area (Å²) in [6.45, 7) is 6.43. The Hall–Kier alpha value is -1.79. The zero-order valence-corrected chi connectivity index (χ0v) is 13.7. The van der Waals surface area contributed by atoms with E-state index in [0.717, 1.165) is 68.8 Å². The number of hydrogen-bond donors (Lipinski definition) is 1. The molecule has 2 aromatic rings. The molecule has 0 bridgehead atoms. The van der Waals surface area contributed by atoms with Crippen molar-refractivity contribution in [1.29, 1.82) is 0 Å². The van der Waals surface area contributed by atoms with Crippen LogP contribution in [0.4, 0.5) is 5.69 Å². The molecule has 23 heavy (non-hydrogen) atoms. The summed E-state index contributed by atoms with van der Waals surface area (Å²) in [5.41, 5.74) is 4.27. The van der Waals surface area contributed by atoms with Crippen LogP contribution in [0.25, 0.3) is 11.0 Å². The second kappa shape index (κ2) is 6.37. The van der Waals surface area contributed by atoms with E-state index in [1.807, 2.05) is 6.20 Å². The highest BCUT2D eigenvalue weighted by Crippen LogP contribution is 2.29. The molecular weight excluding hydrogens is 288 g/mol. The molecular formula is C17H24N6. The van der Waals surface area contributed by atoms with E-state index >= 15 is 0 Å². The summed E-state index contributed by atoms with van der Waals surface area (Å²) in [7, 11) is 2.18. The number of nitrogens with one attached hydrogen (secondary N) is 1. The molecule has 6 heteroatoms. The summed E-state index contributed by atoms with van der Waals surface area (Å²) in [4.78, 5) is 18.6. The average molecular weight is 312 g/mol. The average Bonchev–Trinajstić information content (AvgIpc) is 2.62. The maximum atomic E-state index is 4.75. The van der Waals surface area contributed by atoms with E-state index in [9.17, 15) is 0 Å². The summed E-state index contributed by atoms with van der Waals surface area (Å²) in [5.74, 6) is 0.503. The first-order valence-corrected chi connectivity index (χ1v) is 8.56. The SMILES string of the molecule is CN1CCN(c2cnc3c(C4CCNCC4)ncnc3c2)CC1. The quantitative estimate of drug-likeness (QED) is 0.900. The van der Waals surface area contributed by atoms with Gasteiger partial charge in [0.15, 0.2) is 0 Å². The third-order valence-corrected chi connectivity index (χ3v) is 5.08. The van der Waals surface area contributed by atoms with Crippen LogP contribution in [0, 0.1) is 0 Å². The lowest BCUT2D eigenvalue weighted by molar-refractivity contribution is 0.313. The van der Waals surface area contributed by atoms with Crippen LogP contribution in [0.3, 0.4) is 0 Å². The zero-order chi connectivity index (χ0) is 15.6. The molecule has 122 valence electrons. The second-order valence-electron chi connectivity index (χ2n) is 6.63. The monoisotopic (exact) mass is 312 g/mol. The Morgan fingerprint density at radius 1 is 1.04 bits per heavy atom. The molecule has 2 aliphatic heterocycles. The van der Waals surface area contributed by atoms with Crippen molar-refractivity contribution in [3.63, 3.8) is 0 Å². The van der Waals surface area contributed by atoms with Crippen molar-refractivity contribution in [3.05, 3.63) is 24.3 Å². The highest BCUT2D eigenvalue weighted by Gasteiger charge is 2.21. The molecule has 0 aromatic carbocycles. The lowest BCUT2D eigenvalue weighted by Crippen LogP contribution is -2.44. The van der Waals surface area contributed by atoms with Crippen molar-refractivity contribution >= 4 is 16.7 Å². The summed E-state index contributed by atoms with van der Waals surface area (Å²) in [6.07, 6.45) is 5.97. The molecule has 0 atom stereocenters. The van der Waals surface area contributed by atoms with Crippen LogP contribution in [0.5, 0.6) is 0 Å². The maximum Gasteiger partial charge on any atom is 0.116 e. The van der Waals surface area contributed by atoms with Crippen LogP contribution in [-0.4, -0.2) is 66.2 Å². The number of piperazine rings is 1. The molecule has 6 nitrogen and oxygen atoms in total. The predicted octanol–water partition coefficient (Wildman–Crippen LogP) is 1.24. The first-order valence-electron chi connectivity index (χ1n) is 8.56. The van der Waals surface area contributed by atoms with E-state index in [-0.39, 0.29) is 0 Å². The lowest BCUT2D eigenvalue weighted by atomic mass is 9.93. The van der Waals surface area contributed by atoms with Gasteiger partial charge in [0.25, 0.3) is 0 Å². The topological polar surface area (TPSA) is 57.2 Å². The summed E-state index contributed by atoms with van der Waals surface area (Å²) in [6, 6.07) is 2.18. The Morgan fingerprint density at radius 2 is 1.83 bits per heavy atom. The molecule has 0 aliphatic carbocycles. The van der Waals surface area contributed by atoms with Crippen molar-refractivity contribution in [2.45, 2.75) is 18.8 Å². The third kappa shape index (κ3) is 3.01. The number of nitrogens with zero attached hydrogens (tertiary/aromatic N) is 5. The van der Waals surface area contributed by atoms with Gasteiger partial charge in [0.1, 0.15) is 11.8 Å². The number of likely N-dealkylation sites (N-methyl/N-ethyl adjacent to an activating group) is 1. The van der Waals surface area contributed by atoms with Crippen molar-refractivity contribution in [1.82, 2.24) is 25.2 Å². The molecule has 4 heterocycles. The van der Waals surface area contributed by atoms with Crippen LogP contribution < -0.4 is 10.2 Å². The fourth-order valence-electron chi connectivity index (χ4n) is 3.58. The van der Waals surface area contributed by atoms with Gasteiger partial charge in [-0.2, -0.15) is 0 Å². The smallest absolute Gasteiger partial charge is 0.116 e. The van der Waals surface area contributed by atoms with Crippen LogP contribution in [-0.2, 0) is 0 Å². The van der Waals surface area contributed by atoms with Crippen molar-refractivity contribution in [3.8, 4) is 0 Å². The number of fused-ring (bicyclic) bond motifs is 1. The summed E-state index contributed by atoms with van der Waals surface area (Å²) in [5, 5.41) is 3.41. The molecule has 2 aliphatic rings. The van der Waals surface area contributed by atoms with Gasteiger partial charge >= 0.3 is 0 Å². The number of piperidine rings is 1. The first kappa shape index (κ1) is 14.8. The fraction of sp³-hybridized carbons (Fsp3) is 0.588. The Balaban J connectivity index is 1.64. The van der Waals surface area contributed by atoms with E-state index in [1.54, 1.807) is 6.33 Å². The second-order valence-corrected chi connectivity index (χ2v) is 6.63. The molecule has 0 unspecified atom stereocenters. The first-order chi connectivity index (χ1) is 11.3. The van der Waals surface area contributed by atoms with Crippen molar-refractivity contribution in [2.75, 3.05) is 51.2 Å². The number of rotatable bonds is 2. The number of pyridine rings is 1. The van der Waals surface area contributed by atoms with Gasteiger partial charge in [-0.15, -0.1) is 0 Å². The molecule has 0 radical (unpaired) electrons. The highest BCUT2D eigenvalue weighted by atomic mass is 15.2. The summed E-state index contributed by atoms with van der Waals surface area (Å²) < 4.78 is 0. The van der Waals surface area contributed by atoms with Gasteiger partial charge in [-0.25, -0.2) is 9.97 Å². The minimum Gasteiger partial charge on any atom is -0.368 e. The molecule has 0 saturated carbocycles. The van der Waals surface area contributed by atoms with Gasteiger partial charge in [0.2, 0.25) is 0 Å². The van der Waals surface area contributed by atoms with E-state index in [1.165, 1.54) is 5.69 Å². The third-order valence-electron chi connectivity index (χ3n) is 5.08. The van der Waals surface area contributed by atoms with E-state index in [2.05, 4.69) is 38.2 Å². The van der Waals surface area contributed by atoms with E-state index in [0.29, 0.717) is 5.92 Å². The Bertz CT molecular complexity index is 674. The van der Waals surface area contributed by atoms with Crippen molar-refractivity contribution in [2.24, 2.45) is 0 Å². The predicted molar refractivity (Wildman–Crippen MR) is 91.9 cm³/mol. The largest absolute Gasteiger partial charge is 0.368 e. The molecule has 2 fully saturated rings. The molecule has 0 amide bonds. The van der Waals surface area contributed by atoms with Gasteiger partial charge in [-0.3, -0.25) is 4.98 Å². The molecule has 0 spiro atoms. The Labute approximate surface area is 136 Å². The molecule has 4 rings (SSSR count). The zero-order valence-electron chi connectivity index (χ0n) is 13.7. The minimum atomic E-state index is 0.503. The maximum absolute atomic E-state index is 4.75. The molecule has 2 saturated heterocycles. The highest BCUT2D eigenvalue weighted by molar-refractivity contribution is 5.80. The van der Waals surface area contributed by atoms with Gasteiger partial charge in [0.05, 0.1) is 23.1 Å². The van der Waals surface area contributed by atoms with Crippen LogP contribution in [0.2, 0.25) is 0 Å². The standard InChI is InChI=1S/C17H24N6/c1-22-6-8-23(9-7-22)14-10-15-17(19-11-14)16(21-12-20-15)13-2-4-18-5-3-13/h10-13,18H,2-9H2,1H3. The number of aromatic nitrogens is 3.